The van der Waals surface area contributed by atoms with Gasteiger partial charge in [0.2, 0.25) is 0 Å². The van der Waals surface area contributed by atoms with Crippen LogP contribution in [0.25, 0.3) is 0 Å². The van der Waals surface area contributed by atoms with Crippen LogP contribution in [-0.2, 0) is 14.3 Å². The zero-order valence-electron chi connectivity index (χ0n) is 12.5. The molecule has 1 aromatic rings. The van der Waals surface area contributed by atoms with E-state index in [1.165, 1.54) is 6.08 Å². The Morgan fingerprint density at radius 3 is 2.59 bits per heavy atom. The van der Waals surface area contributed by atoms with Gasteiger partial charge in [0.1, 0.15) is 6.10 Å². The van der Waals surface area contributed by atoms with Gasteiger partial charge in [-0.25, -0.2) is 9.59 Å². The molecule has 1 aromatic carbocycles. The van der Waals surface area contributed by atoms with E-state index in [2.05, 4.69) is 11.8 Å². The van der Waals surface area contributed by atoms with Crippen LogP contribution in [0.3, 0.4) is 0 Å². The Morgan fingerprint density at radius 1 is 1.27 bits per heavy atom. The van der Waals surface area contributed by atoms with Crippen LogP contribution in [0.4, 0.5) is 0 Å². The van der Waals surface area contributed by atoms with Gasteiger partial charge in [0, 0.05) is 6.08 Å². The summed E-state index contributed by atoms with van der Waals surface area (Å²) in [4.78, 5) is 22.8. The first-order valence-corrected chi connectivity index (χ1v) is 6.78. The van der Waals surface area contributed by atoms with E-state index in [-0.39, 0.29) is 13.2 Å². The summed E-state index contributed by atoms with van der Waals surface area (Å²) in [5, 5.41) is 9.73. The molecule has 1 N–H and O–H groups in total. The van der Waals surface area contributed by atoms with Gasteiger partial charge in [0.25, 0.3) is 0 Å². The van der Waals surface area contributed by atoms with Gasteiger partial charge < -0.3 is 14.6 Å². The lowest BCUT2D eigenvalue weighted by atomic mass is 10.1. The molecule has 0 bridgehead atoms. The van der Waals surface area contributed by atoms with E-state index in [1.54, 1.807) is 44.2 Å². The Kier molecular flexibility index (Phi) is 7.44. The number of rotatable bonds is 5. The molecule has 0 spiro atoms. The number of aliphatic hydroxyl groups is 1. The van der Waals surface area contributed by atoms with Crippen molar-refractivity contribution in [2.45, 2.75) is 20.0 Å². The van der Waals surface area contributed by atoms with E-state index >= 15 is 0 Å². The van der Waals surface area contributed by atoms with Crippen molar-refractivity contribution in [3.8, 4) is 11.8 Å². The second kappa shape index (κ2) is 9.37. The van der Waals surface area contributed by atoms with Gasteiger partial charge in [-0.15, -0.1) is 0 Å². The topological polar surface area (TPSA) is 72.8 Å². The Labute approximate surface area is 129 Å². The maximum Gasteiger partial charge on any atom is 0.339 e. The number of esters is 2. The fraction of sp³-hybridized carbons (Fsp3) is 0.294. The molecule has 0 unspecified atom stereocenters. The molecule has 22 heavy (non-hydrogen) atoms. The van der Waals surface area contributed by atoms with Gasteiger partial charge in [0.05, 0.1) is 12.2 Å². The molecule has 1 atom stereocenters. The van der Waals surface area contributed by atoms with Crippen molar-refractivity contribution in [2.24, 2.45) is 0 Å². The minimum absolute atomic E-state index is 0.141. The van der Waals surface area contributed by atoms with Gasteiger partial charge in [0.15, 0.2) is 6.61 Å². The largest absolute Gasteiger partial charge is 0.463 e. The molecule has 5 heteroatoms. The molecule has 0 heterocycles. The first-order chi connectivity index (χ1) is 10.5. The predicted octanol–water partition coefficient (Wildman–Crippen LogP) is 1.72. The SMILES string of the molecule is CCOC(=O)/C=C(\C)[C@H](O)C#CCOC(=O)c1ccccc1. The minimum Gasteiger partial charge on any atom is -0.463 e. The summed E-state index contributed by atoms with van der Waals surface area (Å²) in [6.07, 6.45) is 0.0681. The van der Waals surface area contributed by atoms with Crippen LogP contribution in [0.15, 0.2) is 42.0 Å². The Balaban J connectivity index is 2.46. The molecular weight excluding hydrogens is 284 g/mol. The highest BCUT2D eigenvalue weighted by Gasteiger charge is 2.06. The summed E-state index contributed by atoms with van der Waals surface area (Å²) in [6, 6.07) is 8.53. The van der Waals surface area contributed by atoms with E-state index in [0.29, 0.717) is 11.1 Å². The highest BCUT2D eigenvalue weighted by molar-refractivity contribution is 5.89. The lowest BCUT2D eigenvalue weighted by Gasteiger charge is -2.04. The summed E-state index contributed by atoms with van der Waals surface area (Å²) in [5.41, 5.74) is 0.795. The van der Waals surface area contributed by atoms with Crippen LogP contribution in [0.2, 0.25) is 0 Å². The number of hydrogen-bond donors (Lipinski definition) is 1. The van der Waals surface area contributed by atoms with Crippen LogP contribution in [0, 0.1) is 11.8 Å². The van der Waals surface area contributed by atoms with Crippen molar-refractivity contribution in [2.75, 3.05) is 13.2 Å². The number of benzene rings is 1. The molecule has 0 aliphatic rings. The molecule has 0 radical (unpaired) electrons. The fourth-order valence-corrected chi connectivity index (χ4v) is 1.46. The summed E-state index contributed by atoms with van der Waals surface area (Å²) in [5.74, 6) is 4.01. The number of aliphatic hydroxyl groups excluding tert-OH is 1. The Morgan fingerprint density at radius 2 is 1.95 bits per heavy atom. The highest BCUT2D eigenvalue weighted by atomic mass is 16.5. The smallest absolute Gasteiger partial charge is 0.339 e. The molecule has 116 valence electrons. The fourth-order valence-electron chi connectivity index (χ4n) is 1.46. The van der Waals surface area contributed by atoms with E-state index in [9.17, 15) is 14.7 Å². The predicted molar refractivity (Wildman–Crippen MR) is 80.9 cm³/mol. The first-order valence-electron chi connectivity index (χ1n) is 6.78. The van der Waals surface area contributed by atoms with E-state index in [4.69, 9.17) is 9.47 Å². The van der Waals surface area contributed by atoms with Crippen LogP contribution in [0.5, 0.6) is 0 Å². The third-order valence-corrected chi connectivity index (χ3v) is 2.59. The number of carbonyl (C=O) groups is 2. The maximum atomic E-state index is 11.6. The van der Waals surface area contributed by atoms with Crippen LogP contribution in [-0.4, -0.2) is 36.4 Å². The van der Waals surface area contributed by atoms with Crippen molar-refractivity contribution in [1.29, 1.82) is 0 Å². The standard InChI is InChI=1S/C17H18O5/c1-3-21-16(19)12-13(2)15(18)10-7-11-22-17(20)14-8-5-4-6-9-14/h4-6,8-9,12,15,18H,3,11H2,1-2H3/b13-12+/t15-/m1/s1. The average molecular weight is 302 g/mol. The molecule has 0 aromatic heterocycles. The van der Waals surface area contributed by atoms with E-state index < -0.39 is 18.0 Å². The van der Waals surface area contributed by atoms with Gasteiger partial charge in [-0.2, -0.15) is 0 Å². The lowest BCUT2D eigenvalue weighted by Crippen LogP contribution is -2.10. The van der Waals surface area contributed by atoms with E-state index in [1.807, 2.05) is 0 Å². The van der Waals surface area contributed by atoms with Gasteiger partial charge >= 0.3 is 11.9 Å². The molecule has 0 aliphatic carbocycles. The molecule has 0 saturated heterocycles. The van der Waals surface area contributed by atoms with Crippen LogP contribution < -0.4 is 0 Å². The molecular formula is C17H18O5. The summed E-state index contributed by atoms with van der Waals surface area (Å²) in [7, 11) is 0. The van der Waals surface area contributed by atoms with Gasteiger partial charge in [-0.3, -0.25) is 0 Å². The zero-order valence-corrected chi connectivity index (χ0v) is 12.5. The third-order valence-electron chi connectivity index (χ3n) is 2.59. The number of ether oxygens (including phenoxy) is 2. The molecule has 5 nitrogen and oxygen atoms in total. The second-order valence-corrected chi connectivity index (χ2v) is 4.31. The minimum atomic E-state index is -1.11. The molecule has 0 saturated carbocycles. The summed E-state index contributed by atoms with van der Waals surface area (Å²) >= 11 is 0. The molecule has 0 aliphatic heterocycles. The number of carbonyl (C=O) groups excluding carboxylic acids is 2. The Hall–Kier alpha value is -2.58. The third kappa shape index (κ3) is 6.25. The van der Waals surface area contributed by atoms with Crippen molar-refractivity contribution in [3.05, 3.63) is 47.5 Å². The summed E-state index contributed by atoms with van der Waals surface area (Å²) < 4.78 is 9.67. The van der Waals surface area contributed by atoms with Crippen molar-refractivity contribution in [1.82, 2.24) is 0 Å². The zero-order chi connectivity index (χ0) is 16.4. The first kappa shape index (κ1) is 17.5. The average Bonchev–Trinajstić information content (AvgIpc) is 2.52. The second-order valence-electron chi connectivity index (χ2n) is 4.31. The van der Waals surface area contributed by atoms with Crippen molar-refractivity contribution >= 4 is 11.9 Å². The highest BCUT2D eigenvalue weighted by Crippen LogP contribution is 2.02. The number of hydrogen-bond acceptors (Lipinski definition) is 5. The summed E-state index contributed by atoms with van der Waals surface area (Å²) in [6.45, 7) is 3.38. The quantitative estimate of drug-likeness (QED) is 0.509. The van der Waals surface area contributed by atoms with Crippen LogP contribution >= 0.6 is 0 Å². The van der Waals surface area contributed by atoms with Crippen molar-refractivity contribution < 1.29 is 24.2 Å². The normalized spacial score (nSPS) is 11.9. The maximum absolute atomic E-state index is 11.6. The molecule has 1 rings (SSSR count). The lowest BCUT2D eigenvalue weighted by molar-refractivity contribution is -0.137. The Bertz CT molecular complexity index is 592. The monoisotopic (exact) mass is 302 g/mol. The van der Waals surface area contributed by atoms with E-state index in [0.717, 1.165) is 0 Å². The van der Waals surface area contributed by atoms with Gasteiger partial charge in [-0.05, 0) is 31.6 Å². The van der Waals surface area contributed by atoms with Crippen LogP contribution in [0.1, 0.15) is 24.2 Å². The van der Waals surface area contributed by atoms with Crippen molar-refractivity contribution in [3.63, 3.8) is 0 Å². The molecule has 0 amide bonds. The molecule has 0 fully saturated rings. The van der Waals surface area contributed by atoms with Gasteiger partial charge in [-0.1, -0.05) is 30.0 Å².